The van der Waals surface area contributed by atoms with E-state index in [1.807, 2.05) is 48.5 Å². The fraction of sp³-hybridized carbons (Fsp3) is 0.235. The van der Waals surface area contributed by atoms with E-state index in [9.17, 15) is 0 Å². The number of rotatable bonds is 4. The van der Waals surface area contributed by atoms with Crippen LogP contribution in [0, 0.1) is 11.3 Å². The van der Waals surface area contributed by atoms with E-state index in [2.05, 4.69) is 13.0 Å². The summed E-state index contributed by atoms with van der Waals surface area (Å²) in [4.78, 5) is 0. The fourth-order valence-electron chi connectivity index (χ4n) is 2.47. The van der Waals surface area contributed by atoms with Gasteiger partial charge in [0.1, 0.15) is 0 Å². The maximum atomic E-state index is 9.01. The van der Waals surface area contributed by atoms with Crippen molar-refractivity contribution in [2.75, 3.05) is 6.54 Å². The van der Waals surface area contributed by atoms with Crippen LogP contribution in [-0.2, 0) is 0 Å². The van der Waals surface area contributed by atoms with Gasteiger partial charge in [-0.05, 0) is 47.9 Å². The second-order valence-electron chi connectivity index (χ2n) is 4.92. The van der Waals surface area contributed by atoms with Crippen LogP contribution in [0.1, 0.15) is 35.4 Å². The van der Waals surface area contributed by atoms with Gasteiger partial charge in [0.25, 0.3) is 0 Å². The lowest BCUT2D eigenvalue weighted by molar-refractivity contribution is 0.584. The van der Waals surface area contributed by atoms with Crippen molar-refractivity contribution >= 4 is 11.6 Å². The summed E-state index contributed by atoms with van der Waals surface area (Å²) in [6.45, 7) is 2.69. The van der Waals surface area contributed by atoms with Crippen LogP contribution >= 0.6 is 11.6 Å². The number of nitriles is 1. The standard InChI is InChI=1S/C17H17ClN2/c1-12(14-5-7-16(18)8-6-14)17(11-20)15-4-2-3-13(9-15)10-19/h2-9,12,17H,11,20H2,1H3. The molecule has 0 saturated carbocycles. The first-order valence-corrected chi connectivity index (χ1v) is 6.99. The number of benzene rings is 2. The molecule has 0 spiro atoms. The summed E-state index contributed by atoms with van der Waals surface area (Å²) in [5.74, 6) is 0.454. The minimum atomic E-state index is 0.185. The molecule has 2 aromatic rings. The zero-order valence-corrected chi connectivity index (χ0v) is 12.1. The molecule has 3 heteroatoms. The van der Waals surface area contributed by atoms with Gasteiger partial charge in [-0.1, -0.05) is 42.8 Å². The smallest absolute Gasteiger partial charge is 0.0991 e. The van der Waals surface area contributed by atoms with Gasteiger partial charge in [-0.15, -0.1) is 0 Å². The second-order valence-corrected chi connectivity index (χ2v) is 5.36. The van der Waals surface area contributed by atoms with E-state index in [1.165, 1.54) is 5.56 Å². The quantitative estimate of drug-likeness (QED) is 0.920. The molecule has 0 aromatic heterocycles. The third-order valence-electron chi connectivity index (χ3n) is 3.70. The van der Waals surface area contributed by atoms with Crippen molar-refractivity contribution in [2.24, 2.45) is 5.73 Å². The van der Waals surface area contributed by atoms with Gasteiger partial charge in [-0.3, -0.25) is 0 Å². The van der Waals surface area contributed by atoms with Crippen LogP contribution in [0.2, 0.25) is 5.02 Å². The van der Waals surface area contributed by atoms with Gasteiger partial charge in [0.2, 0.25) is 0 Å². The summed E-state index contributed by atoms with van der Waals surface area (Å²) in [5, 5.41) is 9.74. The molecule has 20 heavy (non-hydrogen) atoms. The molecule has 2 nitrogen and oxygen atoms in total. The molecule has 0 heterocycles. The van der Waals surface area contributed by atoms with Crippen molar-refractivity contribution in [2.45, 2.75) is 18.8 Å². The Labute approximate surface area is 124 Å². The molecule has 0 saturated heterocycles. The number of nitrogens with zero attached hydrogens (tertiary/aromatic N) is 1. The molecule has 0 aliphatic carbocycles. The Kier molecular flexibility index (Phi) is 4.79. The zero-order chi connectivity index (χ0) is 14.5. The Balaban J connectivity index is 2.31. The monoisotopic (exact) mass is 284 g/mol. The van der Waals surface area contributed by atoms with E-state index in [0.29, 0.717) is 12.1 Å². The van der Waals surface area contributed by atoms with E-state index in [4.69, 9.17) is 22.6 Å². The van der Waals surface area contributed by atoms with Gasteiger partial charge in [-0.25, -0.2) is 0 Å². The molecule has 0 aliphatic heterocycles. The van der Waals surface area contributed by atoms with Crippen molar-refractivity contribution in [1.82, 2.24) is 0 Å². The Hall–Kier alpha value is -1.82. The van der Waals surface area contributed by atoms with E-state index in [1.54, 1.807) is 0 Å². The summed E-state index contributed by atoms with van der Waals surface area (Å²) in [5.41, 5.74) is 8.93. The van der Waals surface area contributed by atoms with Gasteiger partial charge in [-0.2, -0.15) is 5.26 Å². The summed E-state index contributed by atoms with van der Waals surface area (Å²) < 4.78 is 0. The first-order valence-electron chi connectivity index (χ1n) is 6.61. The molecule has 0 amide bonds. The molecular formula is C17H17ClN2. The lowest BCUT2D eigenvalue weighted by Crippen LogP contribution is -2.18. The average molecular weight is 285 g/mol. The van der Waals surface area contributed by atoms with Gasteiger partial charge >= 0.3 is 0 Å². The average Bonchev–Trinajstić information content (AvgIpc) is 2.49. The third kappa shape index (κ3) is 3.19. The highest BCUT2D eigenvalue weighted by Gasteiger charge is 2.19. The Bertz CT molecular complexity index is 614. The Morgan fingerprint density at radius 1 is 1.15 bits per heavy atom. The van der Waals surface area contributed by atoms with Crippen molar-refractivity contribution < 1.29 is 0 Å². The summed E-state index contributed by atoms with van der Waals surface area (Å²) >= 11 is 5.93. The number of halogens is 1. The third-order valence-corrected chi connectivity index (χ3v) is 3.95. The largest absolute Gasteiger partial charge is 0.330 e. The Morgan fingerprint density at radius 3 is 2.45 bits per heavy atom. The predicted molar refractivity (Wildman–Crippen MR) is 82.8 cm³/mol. The summed E-state index contributed by atoms with van der Waals surface area (Å²) in [6.07, 6.45) is 0. The van der Waals surface area contributed by atoms with Crippen LogP contribution in [0.15, 0.2) is 48.5 Å². The van der Waals surface area contributed by atoms with Crippen molar-refractivity contribution in [3.05, 3.63) is 70.2 Å². The van der Waals surface area contributed by atoms with Gasteiger partial charge in [0, 0.05) is 10.9 Å². The molecule has 102 valence electrons. The van der Waals surface area contributed by atoms with Crippen molar-refractivity contribution in [3.63, 3.8) is 0 Å². The number of hydrogen-bond donors (Lipinski definition) is 1. The van der Waals surface area contributed by atoms with Gasteiger partial charge in [0.15, 0.2) is 0 Å². The highest BCUT2D eigenvalue weighted by Crippen LogP contribution is 2.32. The van der Waals surface area contributed by atoms with Crippen LogP contribution in [0.25, 0.3) is 0 Å². The van der Waals surface area contributed by atoms with Crippen LogP contribution in [0.4, 0.5) is 0 Å². The van der Waals surface area contributed by atoms with Gasteiger partial charge < -0.3 is 5.73 Å². The molecular weight excluding hydrogens is 268 g/mol. The maximum Gasteiger partial charge on any atom is 0.0991 e. The van der Waals surface area contributed by atoms with Crippen LogP contribution in [0.5, 0.6) is 0 Å². The number of nitrogens with two attached hydrogens (primary N) is 1. The van der Waals surface area contributed by atoms with E-state index in [0.717, 1.165) is 10.6 Å². The first-order chi connectivity index (χ1) is 9.65. The second kappa shape index (κ2) is 6.56. The lowest BCUT2D eigenvalue weighted by atomic mass is 9.82. The molecule has 0 radical (unpaired) electrons. The molecule has 2 unspecified atom stereocenters. The van der Waals surface area contributed by atoms with Crippen LogP contribution < -0.4 is 5.73 Å². The molecule has 2 rings (SSSR count). The van der Waals surface area contributed by atoms with Crippen molar-refractivity contribution in [1.29, 1.82) is 5.26 Å². The minimum Gasteiger partial charge on any atom is -0.330 e. The van der Waals surface area contributed by atoms with Crippen LogP contribution in [-0.4, -0.2) is 6.54 Å². The molecule has 2 atom stereocenters. The normalized spacial score (nSPS) is 13.5. The molecule has 0 bridgehead atoms. The number of hydrogen-bond acceptors (Lipinski definition) is 2. The van der Waals surface area contributed by atoms with E-state index < -0.39 is 0 Å². The Morgan fingerprint density at radius 2 is 1.85 bits per heavy atom. The van der Waals surface area contributed by atoms with E-state index in [-0.39, 0.29) is 11.8 Å². The molecule has 0 aliphatic rings. The summed E-state index contributed by atoms with van der Waals surface area (Å²) in [6, 6.07) is 17.7. The topological polar surface area (TPSA) is 49.8 Å². The van der Waals surface area contributed by atoms with E-state index >= 15 is 0 Å². The van der Waals surface area contributed by atoms with Crippen molar-refractivity contribution in [3.8, 4) is 6.07 Å². The predicted octanol–water partition coefficient (Wildman–Crippen LogP) is 4.06. The maximum absolute atomic E-state index is 9.01. The zero-order valence-electron chi connectivity index (χ0n) is 11.4. The summed E-state index contributed by atoms with van der Waals surface area (Å²) in [7, 11) is 0. The molecule has 0 fully saturated rings. The van der Waals surface area contributed by atoms with Crippen LogP contribution in [0.3, 0.4) is 0 Å². The highest BCUT2D eigenvalue weighted by molar-refractivity contribution is 6.30. The molecule has 2 N–H and O–H groups in total. The SMILES string of the molecule is CC(c1ccc(Cl)cc1)C(CN)c1cccc(C#N)c1. The fourth-order valence-corrected chi connectivity index (χ4v) is 2.59. The molecule has 2 aromatic carbocycles. The lowest BCUT2D eigenvalue weighted by Gasteiger charge is -2.23. The first kappa shape index (κ1) is 14.6. The van der Waals surface area contributed by atoms with Gasteiger partial charge in [0.05, 0.1) is 11.6 Å². The highest BCUT2D eigenvalue weighted by atomic mass is 35.5. The minimum absolute atomic E-state index is 0.185.